The van der Waals surface area contributed by atoms with Gasteiger partial charge in [-0.2, -0.15) is 0 Å². The van der Waals surface area contributed by atoms with Crippen LogP contribution in [0.3, 0.4) is 0 Å². The number of carbonyl (C=O) groups is 2. The number of carboxylic acid groups (broad SMARTS) is 1. The standard InChI is InChI=1S/C10H10BrNO3S/c1-6(10(14)15)12-9(13)5-3-7-2-4-8(11)16-7/h2-6H,1H3,(H,12,13)(H,14,15)/b5-3+/t6-/m0/s1. The van der Waals surface area contributed by atoms with E-state index in [-0.39, 0.29) is 0 Å². The Hall–Kier alpha value is -1.14. The summed E-state index contributed by atoms with van der Waals surface area (Å²) in [5.41, 5.74) is 0. The summed E-state index contributed by atoms with van der Waals surface area (Å²) in [4.78, 5) is 22.7. The number of hydrogen-bond acceptors (Lipinski definition) is 3. The van der Waals surface area contributed by atoms with Gasteiger partial charge in [0.25, 0.3) is 0 Å². The van der Waals surface area contributed by atoms with Crippen LogP contribution >= 0.6 is 27.3 Å². The van der Waals surface area contributed by atoms with Crippen molar-refractivity contribution in [3.63, 3.8) is 0 Å². The molecule has 0 aliphatic carbocycles. The quantitative estimate of drug-likeness (QED) is 0.837. The Morgan fingerprint density at radius 3 is 2.75 bits per heavy atom. The van der Waals surface area contributed by atoms with E-state index in [9.17, 15) is 9.59 Å². The van der Waals surface area contributed by atoms with Gasteiger partial charge in [-0.05, 0) is 41.1 Å². The Morgan fingerprint density at radius 1 is 1.56 bits per heavy atom. The minimum atomic E-state index is -1.05. The third-order valence-electron chi connectivity index (χ3n) is 1.72. The first kappa shape index (κ1) is 12.9. The summed E-state index contributed by atoms with van der Waals surface area (Å²) in [6, 6.07) is 2.86. The molecule has 4 nitrogen and oxygen atoms in total. The van der Waals surface area contributed by atoms with Crippen molar-refractivity contribution in [2.24, 2.45) is 0 Å². The highest BCUT2D eigenvalue weighted by Crippen LogP contribution is 2.22. The summed E-state index contributed by atoms with van der Waals surface area (Å²) >= 11 is 4.79. The molecule has 0 spiro atoms. The van der Waals surface area contributed by atoms with Crippen LogP contribution in [0.4, 0.5) is 0 Å². The maximum atomic E-state index is 11.3. The minimum absolute atomic E-state index is 0.417. The van der Waals surface area contributed by atoms with Crippen molar-refractivity contribution in [1.82, 2.24) is 5.32 Å². The molecule has 0 aromatic carbocycles. The molecule has 1 aromatic heterocycles. The number of carbonyl (C=O) groups excluding carboxylic acids is 1. The molecule has 0 radical (unpaired) electrons. The maximum absolute atomic E-state index is 11.3. The van der Waals surface area contributed by atoms with Crippen molar-refractivity contribution in [2.45, 2.75) is 13.0 Å². The van der Waals surface area contributed by atoms with Gasteiger partial charge in [0, 0.05) is 11.0 Å². The summed E-state index contributed by atoms with van der Waals surface area (Å²) < 4.78 is 0.978. The molecule has 1 aromatic rings. The fraction of sp³-hybridized carbons (Fsp3) is 0.200. The third kappa shape index (κ3) is 4.16. The number of aliphatic carboxylic acids is 1. The van der Waals surface area contributed by atoms with Gasteiger partial charge in [0.1, 0.15) is 6.04 Å². The van der Waals surface area contributed by atoms with Crippen LogP contribution in [0.2, 0.25) is 0 Å². The molecule has 0 unspecified atom stereocenters. The lowest BCUT2D eigenvalue weighted by atomic mass is 10.3. The number of halogens is 1. The first-order valence-corrected chi connectivity index (χ1v) is 6.06. The monoisotopic (exact) mass is 303 g/mol. The Labute approximate surface area is 105 Å². The second-order valence-electron chi connectivity index (χ2n) is 3.04. The van der Waals surface area contributed by atoms with Gasteiger partial charge < -0.3 is 10.4 Å². The van der Waals surface area contributed by atoms with E-state index in [2.05, 4.69) is 21.2 Å². The number of hydrogen-bond donors (Lipinski definition) is 2. The summed E-state index contributed by atoms with van der Waals surface area (Å²) in [5, 5.41) is 10.9. The fourth-order valence-electron chi connectivity index (χ4n) is 0.899. The van der Waals surface area contributed by atoms with Crippen LogP contribution in [0.15, 0.2) is 22.0 Å². The van der Waals surface area contributed by atoms with Crippen LogP contribution < -0.4 is 5.32 Å². The van der Waals surface area contributed by atoms with Gasteiger partial charge in [-0.25, -0.2) is 0 Å². The molecule has 0 saturated carbocycles. The molecule has 16 heavy (non-hydrogen) atoms. The van der Waals surface area contributed by atoms with E-state index in [1.807, 2.05) is 12.1 Å². The first-order valence-electron chi connectivity index (χ1n) is 4.46. The predicted molar refractivity (Wildman–Crippen MR) is 66.3 cm³/mol. The molecule has 2 N–H and O–H groups in total. The molecule has 0 aliphatic heterocycles. The maximum Gasteiger partial charge on any atom is 0.325 e. The number of carboxylic acids is 1. The number of amides is 1. The van der Waals surface area contributed by atoms with Gasteiger partial charge in [0.15, 0.2) is 0 Å². The summed E-state index contributed by atoms with van der Waals surface area (Å²) in [6.45, 7) is 1.41. The predicted octanol–water partition coefficient (Wildman–Crippen LogP) is 2.11. The molecule has 1 amide bonds. The summed E-state index contributed by atoms with van der Waals surface area (Å²) in [7, 11) is 0. The van der Waals surface area contributed by atoms with Crippen molar-refractivity contribution >= 4 is 45.2 Å². The van der Waals surface area contributed by atoms with Gasteiger partial charge in [-0.1, -0.05) is 0 Å². The van der Waals surface area contributed by atoms with Crippen LogP contribution in [0, 0.1) is 0 Å². The Bertz CT molecular complexity index is 427. The topological polar surface area (TPSA) is 66.4 Å². The van der Waals surface area contributed by atoms with E-state index < -0.39 is 17.9 Å². The Balaban J connectivity index is 2.51. The van der Waals surface area contributed by atoms with E-state index in [1.54, 1.807) is 6.08 Å². The zero-order chi connectivity index (χ0) is 12.1. The minimum Gasteiger partial charge on any atom is -0.480 e. The largest absolute Gasteiger partial charge is 0.480 e. The molecule has 0 saturated heterocycles. The van der Waals surface area contributed by atoms with Crippen LogP contribution in [-0.2, 0) is 9.59 Å². The number of nitrogens with one attached hydrogen (secondary N) is 1. The number of rotatable bonds is 4. The normalized spacial score (nSPS) is 12.6. The first-order chi connectivity index (χ1) is 7.49. The molecular weight excluding hydrogens is 294 g/mol. The van der Waals surface area contributed by atoms with E-state index in [0.717, 1.165) is 8.66 Å². The van der Waals surface area contributed by atoms with Crippen LogP contribution in [0.5, 0.6) is 0 Å². The van der Waals surface area contributed by atoms with E-state index in [4.69, 9.17) is 5.11 Å². The van der Waals surface area contributed by atoms with Gasteiger partial charge in [0.2, 0.25) is 5.91 Å². The second-order valence-corrected chi connectivity index (χ2v) is 5.54. The van der Waals surface area contributed by atoms with E-state index in [1.165, 1.54) is 24.3 Å². The molecule has 86 valence electrons. The van der Waals surface area contributed by atoms with Crippen molar-refractivity contribution < 1.29 is 14.7 Å². The van der Waals surface area contributed by atoms with Gasteiger partial charge >= 0.3 is 5.97 Å². The lowest BCUT2D eigenvalue weighted by molar-refractivity contribution is -0.140. The molecule has 0 aliphatic rings. The zero-order valence-electron chi connectivity index (χ0n) is 8.44. The van der Waals surface area contributed by atoms with Crippen LogP contribution in [0.25, 0.3) is 6.08 Å². The molecular formula is C10H10BrNO3S. The molecule has 0 bridgehead atoms. The number of thiophene rings is 1. The van der Waals surface area contributed by atoms with Crippen LogP contribution in [-0.4, -0.2) is 23.0 Å². The molecule has 1 heterocycles. The highest BCUT2D eigenvalue weighted by atomic mass is 79.9. The fourth-order valence-corrected chi connectivity index (χ4v) is 2.23. The lowest BCUT2D eigenvalue weighted by Gasteiger charge is -2.05. The SMILES string of the molecule is C[C@H](NC(=O)/C=C/c1ccc(Br)s1)C(=O)O. The Morgan fingerprint density at radius 2 is 2.25 bits per heavy atom. The highest BCUT2D eigenvalue weighted by Gasteiger charge is 2.11. The molecule has 0 fully saturated rings. The van der Waals surface area contributed by atoms with Crippen molar-refractivity contribution in [3.8, 4) is 0 Å². The lowest BCUT2D eigenvalue weighted by Crippen LogP contribution is -2.37. The van der Waals surface area contributed by atoms with E-state index >= 15 is 0 Å². The van der Waals surface area contributed by atoms with Crippen molar-refractivity contribution in [1.29, 1.82) is 0 Å². The van der Waals surface area contributed by atoms with Gasteiger partial charge in [-0.15, -0.1) is 11.3 Å². The molecule has 1 atom stereocenters. The molecule has 1 rings (SSSR count). The average Bonchev–Trinajstić information content (AvgIpc) is 2.61. The van der Waals surface area contributed by atoms with Crippen molar-refractivity contribution in [3.05, 3.63) is 26.9 Å². The molecule has 6 heteroatoms. The highest BCUT2D eigenvalue weighted by molar-refractivity contribution is 9.11. The zero-order valence-corrected chi connectivity index (χ0v) is 10.8. The Kier molecular flexibility index (Phi) is 4.70. The second kappa shape index (κ2) is 5.81. The van der Waals surface area contributed by atoms with Crippen molar-refractivity contribution in [2.75, 3.05) is 0 Å². The average molecular weight is 304 g/mol. The summed E-state index contributed by atoms with van der Waals surface area (Å²) in [5.74, 6) is -1.47. The smallest absolute Gasteiger partial charge is 0.325 e. The van der Waals surface area contributed by atoms with Gasteiger partial charge in [-0.3, -0.25) is 9.59 Å². The van der Waals surface area contributed by atoms with E-state index in [0.29, 0.717) is 0 Å². The summed E-state index contributed by atoms with van der Waals surface area (Å²) in [6.07, 6.45) is 2.96. The third-order valence-corrected chi connectivity index (χ3v) is 3.31. The van der Waals surface area contributed by atoms with Crippen LogP contribution in [0.1, 0.15) is 11.8 Å². The van der Waals surface area contributed by atoms with Gasteiger partial charge in [0.05, 0.1) is 3.79 Å².